The second kappa shape index (κ2) is 7.35. The average molecular weight is 347 g/mol. The normalized spacial score (nSPS) is 14.4. The van der Waals surface area contributed by atoms with Gasteiger partial charge in [-0.25, -0.2) is 0 Å². The first kappa shape index (κ1) is 16.3. The van der Waals surface area contributed by atoms with Gasteiger partial charge in [-0.1, -0.05) is 11.3 Å². The van der Waals surface area contributed by atoms with Crippen LogP contribution in [-0.2, 0) is 4.79 Å². The van der Waals surface area contributed by atoms with Gasteiger partial charge in [-0.3, -0.25) is 14.9 Å². The van der Waals surface area contributed by atoms with E-state index in [1.165, 1.54) is 29.9 Å². The number of amides is 1. The fourth-order valence-electron chi connectivity index (χ4n) is 2.54. The fourth-order valence-corrected chi connectivity index (χ4v) is 3.29. The topological polar surface area (TPSA) is 101 Å². The number of benzene rings is 1. The van der Waals surface area contributed by atoms with E-state index in [1.807, 2.05) is 4.90 Å². The Kier molecular flexibility index (Phi) is 4.99. The van der Waals surface area contributed by atoms with Gasteiger partial charge in [-0.05, 0) is 31.4 Å². The Morgan fingerprint density at radius 1 is 1.21 bits per heavy atom. The Hall–Kier alpha value is -2.55. The number of carbonyl (C=O) groups is 1. The summed E-state index contributed by atoms with van der Waals surface area (Å²) in [7, 11) is 0. The molecule has 2 aromatic rings. The standard InChI is InChI=1S/C15H17N5O3S/c21-13(19-8-2-1-3-9-19)10-16-15-18-17-14(24-15)11-4-6-12(7-5-11)20(22)23/h4-7H,1-3,8-10H2,(H,16,18). The lowest BCUT2D eigenvalue weighted by molar-refractivity contribution is -0.384. The van der Waals surface area contributed by atoms with Crippen molar-refractivity contribution in [2.45, 2.75) is 19.3 Å². The summed E-state index contributed by atoms with van der Waals surface area (Å²) in [5, 5.41) is 23.0. The van der Waals surface area contributed by atoms with Crippen molar-refractivity contribution >= 4 is 28.1 Å². The quantitative estimate of drug-likeness (QED) is 0.659. The molecule has 0 unspecified atom stereocenters. The molecule has 0 atom stereocenters. The molecule has 0 aliphatic carbocycles. The van der Waals surface area contributed by atoms with Gasteiger partial charge < -0.3 is 10.2 Å². The molecule has 126 valence electrons. The molecule has 1 saturated heterocycles. The number of hydrogen-bond acceptors (Lipinski definition) is 7. The summed E-state index contributed by atoms with van der Waals surface area (Å²) in [5.41, 5.74) is 0.794. The molecule has 1 aliphatic rings. The maximum Gasteiger partial charge on any atom is 0.269 e. The third-order valence-corrected chi connectivity index (χ3v) is 4.78. The molecule has 0 spiro atoms. The van der Waals surface area contributed by atoms with Crippen LogP contribution in [0.15, 0.2) is 24.3 Å². The van der Waals surface area contributed by atoms with E-state index in [2.05, 4.69) is 15.5 Å². The Labute approximate surface area is 142 Å². The summed E-state index contributed by atoms with van der Waals surface area (Å²) in [4.78, 5) is 24.2. The molecule has 1 N–H and O–H groups in total. The second-order valence-corrected chi connectivity index (χ2v) is 6.49. The molecule has 24 heavy (non-hydrogen) atoms. The van der Waals surface area contributed by atoms with Crippen LogP contribution in [0.1, 0.15) is 19.3 Å². The zero-order chi connectivity index (χ0) is 16.9. The van der Waals surface area contributed by atoms with Gasteiger partial charge in [-0.15, -0.1) is 10.2 Å². The Bertz CT molecular complexity index is 725. The molecular formula is C15H17N5O3S. The first-order valence-electron chi connectivity index (χ1n) is 7.73. The Morgan fingerprint density at radius 2 is 1.92 bits per heavy atom. The van der Waals surface area contributed by atoms with Crippen LogP contribution in [0.2, 0.25) is 0 Å². The van der Waals surface area contributed by atoms with Gasteiger partial charge in [0.05, 0.1) is 11.5 Å². The smallest absolute Gasteiger partial charge is 0.269 e. The number of nitro benzene ring substituents is 1. The zero-order valence-electron chi connectivity index (χ0n) is 13.0. The highest BCUT2D eigenvalue weighted by molar-refractivity contribution is 7.18. The van der Waals surface area contributed by atoms with Crippen LogP contribution in [0.5, 0.6) is 0 Å². The number of nitrogens with zero attached hydrogens (tertiary/aromatic N) is 4. The van der Waals surface area contributed by atoms with E-state index in [4.69, 9.17) is 0 Å². The van der Waals surface area contributed by atoms with Crippen molar-refractivity contribution in [3.8, 4) is 10.6 Å². The van der Waals surface area contributed by atoms with Gasteiger partial charge in [0.1, 0.15) is 5.01 Å². The summed E-state index contributed by atoms with van der Waals surface area (Å²) in [6.45, 7) is 1.85. The molecule has 0 saturated carbocycles. The van der Waals surface area contributed by atoms with Crippen LogP contribution in [0.4, 0.5) is 10.8 Å². The predicted molar refractivity (Wildman–Crippen MR) is 90.9 cm³/mol. The largest absolute Gasteiger partial charge is 0.351 e. The van der Waals surface area contributed by atoms with E-state index in [0.717, 1.165) is 31.5 Å². The van der Waals surface area contributed by atoms with Gasteiger partial charge in [0, 0.05) is 30.8 Å². The molecule has 1 aliphatic heterocycles. The van der Waals surface area contributed by atoms with E-state index >= 15 is 0 Å². The van der Waals surface area contributed by atoms with E-state index in [1.54, 1.807) is 12.1 Å². The summed E-state index contributed by atoms with van der Waals surface area (Å²) >= 11 is 1.31. The highest BCUT2D eigenvalue weighted by atomic mass is 32.1. The van der Waals surface area contributed by atoms with Gasteiger partial charge in [0.2, 0.25) is 11.0 Å². The van der Waals surface area contributed by atoms with E-state index in [9.17, 15) is 14.9 Å². The lowest BCUT2D eigenvalue weighted by Crippen LogP contribution is -2.39. The van der Waals surface area contributed by atoms with E-state index < -0.39 is 4.92 Å². The SMILES string of the molecule is O=C(CNc1nnc(-c2ccc([N+](=O)[O-])cc2)s1)N1CCCCC1. The number of hydrogen-bond donors (Lipinski definition) is 1. The van der Waals surface area contributed by atoms with Crippen LogP contribution in [0.25, 0.3) is 10.6 Å². The highest BCUT2D eigenvalue weighted by Crippen LogP contribution is 2.27. The van der Waals surface area contributed by atoms with Crippen molar-refractivity contribution in [1.29, 1.82) is 0 Å². The summed E-state index contributed by atoms with van der Waals surface area (Å²) < 4.78 is 0. The first-order chi connectivity index (χ1) is 11.6. The van der Waals surface area contributed by atoms with E-state index in [-0.39, 0.29) is 18.1 Å². The van der Waals surface area contributed by atoms with Crippen molar-refractivity contribution < 1.29 is 9.72 Å². The third-order valence-electron chi connectivity index (χ3n) is 3.85. The van der Waals surface area contributed by atoms with Crippen molar-refractivity contribution in [3.63, 3.8) is 0 Å². The molecule has 0 bridgehead atoms. The minimum absolute atomic E-state index is 0.0359. The Balaban J connectivity index is 1.58. The third kappa shape index (κ3) is 3.85. The summed E-state index contributed by atoms with van der Waals surface area (Å²) in [5.74, 6) is 0.0711. The number of nitrogens with one attached hydrogen (secondary N) is 1. The van der Waals surface area contributed by atoms with Crippen LogP contribution in [0, 0.1) is 10.1 Å². The number of piperidine rings is 1. The molecular weight excluding hydrogens is 330 g/mol. The number of nitro groups is 1. The number of rotatable bonds is 5. The summed E-state index contributed by atoms with van der Waals surface area (Å²) in [6, 6.07) is 6.15. The van der Waals surface area contributed by atoms with Crippen molar-refractivity contribution in [2.75, 3.05) is 25.0 Å². The lowest BCUT2D eigenvalue weighted by Gasteiger charge is -2.26. The monoisotopic (exact) mass is 347 g/mol. The van der Waals surface area contributed by atoms with Crippen LogP contribution < -0.4 is 5.32 Å². The second-order valence-electron chi connectivity index (χ2n) is 5.51. The molecule has 1 aromatic heterocycles. The molecule has 9 heteroatoms. The number of likely N-dealkylation sites (tertiary alicyclic amines) is 1. The number of non-ortho nitro benzene ring substituents is 1. The molecule has 0 radical (unpaired) electrons. The summed E-state index contributed by atoms with van der Waals surface area (Å²) in [6.07, 6.45) is 3.32. The van der Waals surface area contributed by atoms with Gasteiger partial charge in [0.25, 0.3) is 5.69 Å². The van der Waals surface area contributed by atoms with Gasteiger partial charge in [0.15, 0.2) is 0 Å². The minimum atomic E-state index is -0.441. The fraction of sp³-hybridized carbons (Fsp3) is 0.400. The van der Waals surface area contributed by atoms with Crippen LogP contribution >= 0.6 is 11.3 Å². The molecule has 8 nitrogen and oxygen atoms in total. The van der Waals surface area contributed by atoms with Crippen molar-refractivity contribution in [2.24, 2.45) is 0 Å². The lowest BCUT2D eigenvalue weighted by atomic mass is 10.1. The molecule has 2 heterocycles. The average Bonchev–Trinajstić information content (AvgIpc) is 3.09. The molecule has 1 aromatic carbocycles. The number of anilines is 1. The van der Waals surface area contributed by atoms with E-state index in [0.29, 0.717) is 10.1 Å². The maximum atomic E-state index is 12.1. The van der Waals surface area contributed by atoms with Gasteiger partial charge >= 0.3 is 0 Å². The van der Waals surface area contributed by atoms with Crippen molar-refractivity contribution in [1.82, 2.24) is 15.1 Å². The molecule has 1 fully saturated rings. The van der Waals surface area contributed by atoms with Crippen LogP contribution in [0.3, 0.4) is 0 Å². The van der Waals surface area contributed by atoms with Crippen LogP contribution in [-0.4, -0.2) is 45.6 Å². The molecule has 3 rings (SSSR count). The molecule has 1 amide bonds. The Morgan fingerprint density at radius 3 is 2.58 bits per heavy atom. The first-order valence-corrected chi connectivity index (χ1v) is 8.55. The number of carbonyl (C=O) groups excluding carboxylic acids is 1. The minimum Gasteiger partial charge on any atom is -0.351 e. The highest BCUT2D eigenvalue weighted by Gasteiger charge is 2.17. The predicted octanol–water partition coefficient (Wildman–Crippen LogP) is 2.54. The zero-order valence-corrected chi connectivity index (χ0v) is 13.8. The number of aromatic nitrogens is 2. The van der Waals surface area contributed by atoms with Crippen molar-refractivity contribution in [3.05, 3.63) is 34.4 Å². The van der Waals surface area contributed by atoms with Gasteiger partial charge in [-0.2, -0.15) is 0 Å². The maximum absolute atomic E-state index is 12.1.